The molecule has 2 aliphatic carbocycles. The smallest absolute Gasteiger partial charge is 0.252 e. The van der Waals surface area contributed by atoms with Crippen molar-refractivity contribution in [1.29, 1.82) is 0 Å². The molecule has 2 aliphatic rings. The standard InChI is InChI=1S/C20H25N3O2.ClH/c1-23-17-8-3-2-7-15(17)16(11-18(23)24)20(25)22-19-12-5-4-6-13(19)10-14(21)9-12;/h2-3,7-8,11-14,19H,4-6,9-10,21H2,1H3,(H,22,25);1H. The quantitative estimate of drug-likeness (QED) is 0.846. The number of rotatable bonds is 2. The highest BCUT2D eigenvalue weighted by atomic mass is 35.5. The fourth-order valence-corrected chi connectivity index (χ4v) is 4.85. The van der Waals surface area contributed by atoms with Gasteiger partial charge in [-0.05, 0) is 43.6 Å². The topological polar surface area (TPSA) is 77.1 Å². The molecule has 1 aromatic heterocycles. The third-order valence-electron chi connectivity index (χ3n) is 6.07. The molecular weight excluding hydrogens is 350 g/mol. The number of nitrogens with two attached hydrogens (primary N) is 1. The molecule has 1 amide bonds. The van der Waals surface area contributed by atoms with Crippen LogP contribution in [0, 0.1) is 11.8 Å². The van der Waals surface area contributed by atoms with Gasteiger partial charge in [0.15, 0.2) is 0 Å². The molecule has 26 heavy (non-hydrogen) atoms. The number of nitrogens with one attached hydrogen (secondary N) is 1. The number of pyridine rings is 1. The van der Waals surface area contributed by atoms with Crippen molar-refractivity contribution in [3.63, 3.8) is 0 Å². The summed E-state index contributed by atoms with van der Waals surface area (Å²) in [6, 6.07) is 9.47. The van der Waals surface area contributed by atoms with E-state index in [0.29, 0.717) is 17.4 Å². The van der Waals surface area contributed by atoms with E-state index in [1.54, 1.807) is 11.6 Å². The maximum absolute atomic E-state index is 13.0. The number of amides is 1. The summed E-state index contributed by atoms with van der Waals surface area (Å²) in [5.74, 6) is 0.791. The second-order valence-corrected chi connectivity index (χ2v) is 7.65. The molecule has 2 aromatic rings. The molecule has 0 radical (unpaired) electrons. The number of hydrogen-bond donors (Lipinski definition) is 2. The molecule has 2 fully saturated rings. The molecule has 2 bridgehead atoms. The molecule has 0 aliphatic heterocycles. The van der Waals surface area contributed by atoms with Gasteiger partial charge in [0.25, 0.3) is 11.5 Å². The van der Waals surface area contributed by atoms with Crippen LogP contribution in [0.2, 0.25) is 0 Å². The Hall–Kier alpha value is -1.85. The molecule has 0 saturated heterocycles. The molecule has 3 N–H and O–H groups in total. The van der Waals surface area contributed by atoms with E-state index >= 15 is 0 Å². The van der Waals surface area contributed by atoms with Crippen molar-refractivity contribution in [1.82, 2.24) is 9.88 Å². The zero-order valence-electron chi connectivity index (χ0n) is 15.0. The van der Waals surface area contributed by atoms with Crippen molar-refractivity contribution in [2.24, 2.45) is 24.6 Å². The Balaban J connectivity index is 0.00000196. The van der Waals surface area contributed by atoms with Gasteiger partial charge in [-0.2, -0.15) is 0 Å². The summed E-state index contributed by atoms with van der Waals surface area (Å²) in [6.45, 7) is 0. The second kappa shape index (κ2) is 7.41. The molecule has 2 unspecified atom stereocenters. The molecule has 140 valence electrons. The highest BCUT2D eigenvalue weighted by Crippen LogP contribution is 2.39. The SMILES string of the molecule is Cl.Cn1c(=O)cc(C(=O)NC2C3CCCC2CC(N)C3)c2ccccc21. The van der Waals surface area contributed by atoms with E-state index in [4.69, 9.17) is 5.73 Å². The molecule has 1 aromatic carbocycles. The number of nitrogens with zero attached hydrogens (tertiary/aromatic N) is 1. The fourth-order valence-electron chi connectivity index (χ4n) is 4.85. The maximum atomic E-state index is 13.0. The lowest BCUT2D eigenvalue weighted by Crippen LogP contribution is -2.53. The van der Waals surface area contributed by atoms with Gasteiger partial charge in [-0.3, -0.25) is 9.59 Å². The first-order valence-electron chi connectivity index (χ1n) is 9.20. The van der Waals surface area contributed by atoms with Gasteiger partial charge in [0.1, 0.15) is 0 Å². The van der Waals surface area contributed by atoms with Crippen molar-refractivity contribution >= 4 is 29.2 Å². The number of carbonyl (C=O) groups excluding carboxylic acids is 1. The van der Waals surface area contributed by atoms with Crippen molar-refractivity contribution in [3.8, 4) is 0 Å². The Kier molecular flexibility index (Phi) is 5.39. The van der Waals surface area contributed by atoms with Gasteiger partial charge in [0, 0.05) is 30.6 Å². The lowest BCUT2D eigenvalue weighted by molar-refractivity contribution is 0.0757. The largest absolute Gasteiger partial charge is 0.349 e. The Labute approximate surface area is 159 Å². The van der Waals surface area contributed by atoms with Gasteiger partial charge < -0.3 is 15.6 Å². The number of carbonyl (C=O) groups is 1. The molecule has 2 atom stereocenters. The van der Waals surface area contributed by atoms with Crippen LogP contribution in [-0.2, 0) is 7.05 Å². The Bertz CT molecular complexity index is 865. The summed E-state index contributed by atoms with van der Waals surface area (Å²) >= 11 is 0. The van der Waals surface area contributed by atoms with E-state index in [1.807, 2.05) is 24.3 Å². The first-order valence-corrected chi connectivity index (χ1v) is 9.20. The predicted molar refractivity (Wildman–Crippen MR) is 106 cm³/mol. The molecule has 6 heteroatoms. The summed E-state index contributed by atoms with van der Waals surface area (Å²) in [5.41, 5.74) is 7.29. The molecule has 5 nitrogen and oxygen atoms in total. The monoisotopic (exact) mass is 375 g/mol. The van der Waals surface area contributed by atoms with Crippen LogP contribution in [0.15, 0.2) is 35.1 Å². The number of para-hydroxylation sites is 1. The van der Waals surface area contributed by atoms with Gasteiger partial charge in [0.05, 0.1) is 11.1 Å². The van der Waals surface area contributed by atoms with E-state index in [2.05, 4.69) is 5.32 Å². The third kappa shape index (κ3) is 3.26. The first kappa shape index (κ1) is 18.9. The summed E-state index contributed by atoms with van der Waals surface area (Å²) in [7, 11) is 1.74. The number of aryl methyl sites for hydroxylation is 1. The number of fused-ring (bicyclic) bond motifs is 3. The van der Waals surface area contributed by atoms with Crippen LogP contribution in [0.25, 0.3) is 10.9 Å². The summed E-state index contributed by atoms with van der Waals surface area (Å²) in [4.78, 5) is 25.3. The average molecular weight is 376 g/mol. The zero-order chi connectivity index (χ0) is 17.6. The minimum atomic E-state index is -0.158. The van der Waals surface area contributed by atoms with Crippen LogP contribution < -0.4 is 16.6 Å². The minimum Gasteiger partial charge on any atom is -0.349 e. The summed E-state index contributed by atoms with van der Waals surface area (Å²) in [6.07, 6.45) is 5.46. The molecular formula is C20H26ClN3O2. The number of benzene rings is 1. The molecule has 2 saturated carbocycles. The lowest BCUT2D eigenvalue weighted by atomic mass is 9.67. The molecule has 4 rings (SSSR count). The van der Waals surface area contributed by atoms with Crippen LogP contribution in [0.1, 0.15) is 42.5 Å². The number of halogens is 1. The van der Waals surface area contributed by atoms with E-state index in [1.165, 1.54) is 12.5 Å². The lowest BCUT2D eigenvalue weighted by Gasteiger charge is -2.45. The van der Waals surface area contributed by atoms with E-state index in [0.717, 1.165) is 36.6 Å². The fraction of sp³-hybridized carbons (Fsp3) is 0.500. The number of aromatic nitrogens is 1. The van der Waals surface area contributed by atoms with Gasteiger partial charge in [0.2, 0.25) is 0 Å². The van der Waals surface area contributed by atoms with Gasteiger partial charge >= 0.3 is 0 Å². The highest BCUT2D eigenvalue weighted by Gasteiger charge is 2.40. The maximum Gasteiger partial charge on any atom is 0.252 e. The Morgan fingerprint density at radius 2 is 1.85 bits per heavy atom. The van der Waals surface area contributed by atoms with Crippen molar-refractivity contribution < 1.29 is 4.79 Å². The van der Waals surface area contributed by atoms with Crippen molar-refractivity contribution in [2.45, 2.75) is 44.2 Å². The number of hydrogen-bond acceptors (Lipinski definition) is 3. The second-order valence-electron chi connectivity index (χ2n) is 7.65. The van der Waals surface area contributed by atoms with Crippen molar-refractivity contribution in [3.05, 3.63) is 46.2 Å². The van der Waals surface area contributed by atoms with Crippen molar-refractivity contribution in [2.75, 3.05) is 0 Å². The third-order valence-corrected chi connectivity index (χ3v) is 6.07. The van der Waals surface area contributed by atoms with Gasteiger partial charge in [-0.15, -0.1) is 12.4 Å². The summed E-state index contributed by atoms with van der Waals surface area (Å²) in [5, 5.41) is 4.07. The van der Waals surface area contributed by atoms with Crippen LogP contribution in [0.3, 0.4) is 0 Å². The van der Waals surface area contributed by atoms with Crippen LogP contribution in [-0.4, -0.2) is 22.6 Å². The minimum absolute atomic E-state index is 0. The van der Waals surface area contributed by atoms with E-state index in [9.17, 15) is 9.59 Å². The normalized spacial score (nSPS) is 27.6. The van der Waals surface area contributed by atoms with Gasteiger partial charge in [-0.25, -0.2) is 0 Å². The van der Waals surface area contributed by atoms with Crippen LogP contribution in [0.5, 0.6) is 0 Å². The Morgan fingerprint density at radius 1 is 1.19 bits per heavy atom. The predicted octanol–water partition coefficient (Wildman–Crippen LogP) is 2.60. The van der Waals surface area contributed by atoms with Crippen LogP contribution in [0.4, 0.5) is 0 Å². The molecule has 1 heterocycles. The molecule has 0 spiro atoms. The zero-order valence-corrected chi connectivity index (χ0v) is 15.8. The van der Waals surface area contributed by atoms with Crippen LogP contribution >= 0.6 is 12.4 Å². The van der Waals surface area contributed by atoms with E-state index in [-0.39, 0.29) is 36.0 Å². The first-order chi connectivity index (χ1) is 12.0. The summed E-state index contributed by atoms with van der Waals surface area (Å²) < 4.78 is 1.58. The highest BCUT2D eigenvalue weighted by molar-refractivity contribution is 6.06. The van der Waals surface area contributed by atoms with Gasteiger partial charge in [-0.1, -0.05) is 24.6 Å². The Morgan fingerprint density at radius 3 is 2.54 bits per heavy atom. The average Bonchev–Trinajstić information content (AvgIpc) is 2.59. The van der Waals surface area contributed by atoms with E-state index < -0.39 is 0 Å².